The Balaban J connectivity index is 1.83. The normalized spacial score (nSPS) is 14.1. The third-order valence-corrected chi connectivity index (χ3v) is 5.76. The fourth-order valence-corrected chi connectivity index (χ4v) is 4.03. The molecule has 0 saturated heterocycles. The van der Waals surface area contributed by atoms with E-state index < -0.39 is 53.2 Å². The van der Waals surface area contributed by atoms with Crippen molar-refractivity contribution >= 4 is 45.0 Å². The third-order valence-electron chi connectivity index (χ3n) is 4.71. The van der Waals surface area contributed by atoms with E-state index >= 15 is 0 Å². The van der Waals surface area contributed by atoms with Gasteiger partial charge in [-0.05, 0) is 48.0 Å². The molecule has 16 heteroatoms. The number of alkyl halides is 5. The lowest BCUT2D eigenvalue weighted by molar-refractivity contribution is -0.286. The zero-order valence-electron chi connectivity index (χ0n) is 18.6. The number of halogens is 7. The largest absolute Gasteiger partial charge is 0.586 e. The number of carbonyl (C=O) groups excluding carboxylic acids is 2. The number of aromatic nitrogens is 3. The van der Waals surface area contributed by atoms with Crippen LogP contribution in [0, 0.1) is 0 Å². The maximum atomic E-state index is 13.7. The molecule has 0 spiro atoms. The van der Waals surface area contributed by atoms with E-state index in [0.29, 0.717) is 10.7 Å². The molecule has 1 aliphatic rings. The fourth-order valence-electron chi connectivity index (χ4n) is 3.24. The van der Waals surface area contributed by atoms with Gasteiger partial charge in [-0.2, -0.15) is 18.3 Å². The average molecular weight is 611 g/mol. The number of anilines is 1. The highest BCUT2D eigenvalue weighted by atomic mass is 79.9. The number of rotatable bonds is 5. The predicted octanol–water partition coefficient (Wildman–Crippen LogP) is 5.41. The van der Waals surface area contributed by atoms with Crippen LogP contribution in [0.1, 0.15) is 40.4 Å². The molecule has 37 heavy (non-hydrogen) atoms. The highest BCUT2D eigenvalue weighted by molar-refractivity contribution is 9.10. The van der Waals surface area contributed by atoms with Gasteiger partial charge in [0.05, 0.1) is 20.7 Å². The van der Waals surface area contributed by atoms with Crippen LogP contribution in [-0.2, 0) is 6.18 Å². The number of ether oxygens (including phenoxy) is 2. The van der Waals surface area contributed by atoms with E-state index in [1.165, 1.54) is 18.3 Å². The van der Waals surface area contributed by atoms with Gasteiger partial charge in [0.1, 0.15) is 5.69 Å². The topological polar surface area (TPSA) is 107 Å². The highest BCUT2D eigenvalue weighted by Crippen LogP contribution is 2.50. The van der Waals surface area contributed by atoms with Crippen LogP contribution in [0.25, 0.3) is 5.82 Å². The number of hydrogen-bond acceptors (Lipinski definition) is 6. The molecule has 1 aromatic carbocycles. The molecule has 0 radical (unpaired) electrons. The summed E-state index contributed by atoms with van der Waals surface area (Å²) in [7, 11) is 0. The summed E-state index contributed by atoms with van der Waals surface area (Å²) >= 11 is 9.07. The van der Waals surface area contributed by atoms with Gasteiger partial charge in [-0.25, -0.2) is 9.67 Å². The van der Waals surface area contributed by atoms with Gasteiger partial charge in [0, 0.05) is 18.3 Å². The van der Waals surface area contributed by atoms with E-state index in [0.717, 1.165) is 6.07 Å². The van der Waals surface area contributed by atoms with E-state index in [9.17, 15) is 31.5 Å². The lowest BCUT2D eigenvalue weighted by Gasteiger charge is -2.16. The Hall–Kier alpha value is -3.46. The Morgan fingerprint density at radius 1 is 1.19 bits per heavy atom. The van der Waals surface area contributed by atoms with Crippen LogP contribution in [0.5, 0.6) is 11.5 Å². The number of nitrogens with one attached hydrogen (secondary N) is 2. The van der Waals surface area contributed by atoms with Crippen LogP contribution < -0.4 is 20.1 Å². The maximum Gasteiger partial charge on any atom is 0.586 e. The monoisotopic (exact) mass is 609 g/mol. The minimum absolute atomic E-state index is 0.114. The molecule has 0 saturated carbocycles. The number of hydrogen-bond donors (Lipinski definition) is 2. The van der Waals surface area contributed by atoms with Crippen molar-refractivity contribution in [2.75, 3.05) is 5.32 Å². The van der Waals surface area contributed by atoms with Crippen molar-refractivity contribution in [3.8, 4) is 17.3 Å². The SMILES string of the molecule is CC(C)NC(=O)c1cc2c(c(Br)c1NC(=O)c1cc(C(F)(F)F)nn1-c1ncccc1Cl)OC(F)(F)O2. The minimum Gasteiger partial charge on any atom is -0.395 e. The van der Waals surface area contributed by atoms with E-state index in [4.69, 9.17) is 11.6 Å². The molecule has 2 amide bonds. The van der Waals surface area contributed by atoms with E-state index in [2.05, 4.69) is 46.1 Å². The van der Waals surface area contributed by atoms with Gasteiger partial charge < -0.3 is 20.1 Å². The van der Waals surface area contributed by atoms with Gasteiger partial charge in [-0.15, -0.1) is 8.78 Å². The Morgan fingerprint density at radius 3 is 2.51 bits per heavy atom. The Kier molecular flexibility index (Phi) is 6.79. The number of benzene rings is 1. The van der Waals surface area contributed by atoms with E-state index in [1.54, 1.807) is 13.8 Å². The predicted molar refractivity (Wildman–Crippen MR) is 122 cm³/mol. The molecule has 3 aromatic rings. The van der Waals surface area contributed by atoms with Crippen LogP contribution >= 0.6 is 27.5 Å². The first-order chi connectivity index (χ1) is 17.2. The van der Waals surface area contributed by atoms with Crippen molar-refractivity contribution in [3.63, 3.8) is 0 Å². The Morgan fingerprint density at radius 2 is 1.89 bits per heavy atom. The van der Waals surface area contributed by atoms with E-state index in [-0.39, 0.29) is 26.6 Å². The molecule has 0 aliphatic carbocycles. The van der Waals surface area contributed by atoms with Crippen molar-refractivity contribution < 1.29 is 41.0 Å². The molecular formula is C21H14BrClF5N5O4. The smallest absolute Gasteiger partial charge is 0.395 e. The molecule has 2 N–H and O–H groups in total. The van der Waals surface area contributed by atoms with Crippen LogP contribution in [0.15, 0.2) is 34.9 Å². The molecular weight excluding hydrogens is 597 g/mol. The second kappa shape index (κ2) is 9.45. The average Bonchev–Trinajstić information content (AvgIpc) is 3.36. The fraction of sp³-hybridized carbons (Fsp3) is 0.238. The zero-order valence-corrected chi connectivity index (χ0v) is 20.9. The van der Waals surface area contributed by atoms with Gasteiger partial charge in [0.25, 0.3) is 11.8 Å². The first-order valence-electron chi connectivity index (χ1n) is 10.2. The number of amides is 2. The first-order valence-corrected chi connectivity index (χ1v) is 11.4. The lowest BCUT2D eigenvalue weighted by Crippen LogP contribution is -2.31. The number of pyridine rings is 1. The Labute approximate surface area is 218 Å². The van der Waals surface area contributed by atoms with Gasteiger partial charge in [0.2, 0.25) is 0 Å². The number of fused-ring (bicyclic) bond motifs is 1. The second-order valence-corrected chi connectivity index (χ2v) is 9.02. The van der Waals surface area contributed by atoms with Gasteiger partial charge in [0.15, 0.2) is 23.0 Å². The van der Waals surface area contributed by atoms with Gasteiger partial charge >= 0.3 is 12.5 Å². The van der Waals surface area contributed by atoms with E-state index in [1.807, 2.05) is 0 Å². The molecule has 3 heterocycles. The number of nitrogens with zero attached hydrogens (tertiary/aromatic N) is 3. The van der Waals surface area contributed by atoms with Crippen molar-refractivity contribution in [3.05, 3.63) is 56.9 Å². The summed E-state index contributed by atoms with van der Waals surface area (Å²) in [4.78, 5) is 29.9. The minimum atomic E-state index is -4.94. The summed E-state index contributed by atoms with van der Waals surface area (Å²) in [6, 6.07) is 3.69. The Bertz CT molecular complexity index is 1410. The van der Waals surface area contributed by atoms with Crippen molar-refractivity contribution in [2.45, 2.75) is 32.4 Å². The first kappa shape index (κ1) is 26.6. The third kappa shape index (κ3) is 5.32. The summed E-state index contributed by atoms with van der Waals surface area (Å²) in [5.74, 6) is -3.33. The molecule has 1 aliphatic heterocycles. The standard InChI is InChI=1S/C21H14BrClF5N5O4/c1-8(2)30-18(34)9-6-12-16(37-21(27,28)36-12)14(22)15(9)31-19(35)11-7-13(20(24,25)26)32-33(11)17-10(23)4-3-5-29-17/h3-8H,1-2H3,(H,30,34)(H,31,35). The van der Waals surface area contributed by atoms with Gasteiger partial charge in [-0.1, -0.05) is 11.6 Å². The summed E-state index contributed by atoms with van der Waals surface area (Å²) in [6.45, 7) is 3.25. The van der Waals surface area contributed by atoms with Crippen LogP contribution in [-0.4, -0.2) is 38.9 Å². The molecule has 2 aromatic heterocycles. The summed E-state index contributed by atoms with van der Waals surface area (Å²) in [5.41, 5.74) is -2.82. The summed E-state index contributed by atoms with van der Waals surface area (Å²) in [6.07, 6.45) is -7.77. The second-order valence-electron chi connectivity index (χ2n) is 7.82. The lowest BCUT2D eigenvalue weighted by atomic mass is 10.1. The summed E-state index contributed by atoms with van der Waals surface area (Å²) < 4.78 is 76.9. The van der Waals surface area contributed by atoms with Gasteiger partial charge in [-0.3, -0.25) is 9.59 Å². The number of carbonyl (C=O) groups is 2. The molecule has 0 unspecified atom stereocenters. The van der Waals surface area contributed by atoms with Crippen molar-refractivity contribution in [1.29, 1.82) is 0 Å². The maximum absolute atomic E-state index is 13.7. The molecule has 0 bridgehead atoms. The zero-order chi connectivity index (χ0) is 27.3. The van der Waals surface area contributed by atoms with Crippen molar-refractivity contribution in [1.82, 2.24) is 20.1 Å². The van der Waals surface area contributed by atoms with Crippen LogP contribution in [0.4, 0.5) is 27.6 Å². The summed E-state index contributed by atoms with van der Waals surface area (Å²) in [5, 5.41) is 8.11. The molecule has 4 rings (SSSR count). The molecule has 9 nitrogen and oxygen atoms in total. The van der Waals surface area contributed by atoms with Crippen LogP contribution in [0.3, 0.4) is 0 Å². The quantitative estimate of drug-likeness (QED) is 0.374. The highest BCUT2D eigenvalue weighted by Gasteiger charge is 2.46. The molecule has 0 atom stereocenters. The molecule has 0 fully saturated rings. The van der Waals surface area contributed by atoms with Crippen LogP contribution in [0.2, 0.25) is 5.02 Å². The molecule has 196 valence electrons. The van der Waals surface area contributed by atoms with Crippen molar-refractivity contribution in [2.24, 2.45) is 0 Å².